The van der Waals surface area contributed by atoms with Crippen LogP contribution in [0.3, 0.4) is 0 Å². The van der Waals surface area contributed by atoms with Crippen molar-refractivity contribution in [3.63, 3.8) is 0 Å². The zero-order chi connectivity index (χ0) is 26.1. The molecule has 3 aromatic carbocycles. The summed E-state index contributed by atoms with van der Waals surface area (Å²) in [6, 6.07) is 22.2. The van der Waals surface area contributed by atoms with E-state index in [-0.39, 0.29) is 31.0 Å². The van der Waals surface area contributed by atoms with E-state index in [2.05, 4.69) is 5.32 Å². The number of carbonyl (C=O) groups is 2. The quantitative estimate of drug-likeness (QED) is 0.352. The first-order valence-corrected chi connectivity index (χ1v) is 12.7. The molecule has 0 unspecified atom stereocenters. The van der Waals surface area contributed by atoms with Gasteiger partial charge in [0.05, 0.1) is 0 Å². The molecule has 0 spiro atoms. The lowest BCUT2D eigenvalue weighted by molar-refractivity contribution is -0.143. The lowest BCUT2D eigenvalue weighted by atomic mass is 10.0. The van der Waals surface area contributed by atoms with E-state index in [0.29, 0.717) is 17.2 Å². The van der Waals surface area contributed by atoms with E-state index < -0.39 is 6.04 Å². The van der Waals surface area contributed by atoms with Gasteiger partial charge in [0.2, 0.25) is 5.91 Å². The van der Waals surface area contributed by atoms with Crippen molar-refractivity contribution in [3.8, 4) is 5.75 Å². The molecule has 0 aliphatic carbocycles. The van der Waals surface area contributed by atoms with E-state index in [1.807, 2.05) is 88.4 Å². The predicted octanol–water partition coefficient (Wildman–Crippen LogP) is 5.89. The highest BCUT2D eigenvalue weighted by Gasteiger charge is 2.31. The van der Waals surface area contributed by atoms with Gasteiger partial charge in [-0.05, 0) is 67.6 Å². The normalized spacial score (nSPS) is 12.5. The Morgan fingerprint density at radius 3 is 2.31 bits per heavy atom. The Labute approximate surface area is 219 Å². The van der Waals surface area contributed by atoms with Gasteiger partial charge in [0, 0.05) is 24.0 Å². The third kappa shape index (κ3) is 7.59. The number of rotatable bonds is 11. The molecule has 36 heavy (non-hydrogen) atoms. The van der Waals surface area contributed by atoms with E-state index in [1.54, 1.807) is 17.0 Å². The van der Waals surface area contributed by atoms with Crippen molar-refractivity contribution in [1.82, 2.24) is 10.2 Å². The SMILES string of the molecule is CC[C@H](C)NC(=O)[C@H](Cc1ccccc1)N(Cc1ccc(Cl)cc1)C(=O)COc1cccc(C)c1C. The summed E-state index contributed by atoms with van der Waals surface area (Å²) < 4.78 is 5.96. The van der Waals surface area contributed by atoms with Gasteiger partial charge in [-0.2, -0.15) is 0 Å². The Kier molecular flexibility index (Phi) is 9.95. The van der Waals surface area contributed by atoms with Crippen LogP contribution >= 0.6 is 11.6 Å². The van der Waals surface area contributed by atoms with Gasteiger partial charge in [0.1, 0.15) is 11.8 Å². The number of aryl methyl sites for hydroxylation is 1. The number of ether oxygens (including phenoxy) is 1. The van der Waals surface area contributed by atoms with E-state index in [0.717, 1.165) is 28.7 Å². The molecule has 0 bridgehead atoms. The first kappa shape index (κ1) is 27.3. The molecule has 2 atom stereocenters. The van der Waals surface area contributed by atoms with Crippen LogP contribution in [0.4, 0.5) is 0 Å². The summed E-state index contributed by atoms with van der Waals surface area (Å²) in [5.74, 6) is 0.229. The monoisotopic (exact) mass is 506 g/mol. The molecule has 0 aliphatic rings. The third-order valence-electron chi connectivity index (χ3n) is 6.44. The molecule has 3 rings (SSSR count). The molecule has 5 nitrogen and oxygen atoms in total. The van der Waals surface area contributed by atoms with Crippen molar-refractivity contribution < 1.29 is 14.3 Å². The first-order chi connectivity index (χ1) is 17.3. The van der Waals surface area contributed by atoms with Gasteiger partial charge in [-0.3, -0.25) is 9.59 Å². The molecule has 0 aliphatic heterocycles. The Morgan fingerprint density at radius 1 is 0.944 bits per heavy atom. The topological polar surface area (TPSA) is 58.6 Å². The largest absolute Gasteiger partial charge is 0.483 e. The fourth-order valence-electron chi connectivity index (χ4n) is 3.88. The first-order valence-electron chi connectivity index (χ1n) is 12.4. The number of hydrogen-bond acceptors (Lipinski definition) is 3. The van der Waals surface area contributed by atoms with Gasteiger partial charge < -0.3 is 15.0 Å². The predicted molar refractivity (Wildman–Crippen MR) is 145 cm³/mol. The average Bonchev–Trinajstić information content (AvgIpc) is 2.88. The van der Waals surface area contributed by atoms with Crippen LogP contribution in [0.2, 0.25) is 5.02 Å². The molecular weight excluding hydrogens is 472 g/mol. The van der Waals surface area contributed by atoms with Gasteiger partial charge in [0.25, 0.3) is 5.91 Å². The molecule has 0 heterocycles. The van der Waals surface area contributed by atoms with E-state index in [1.165, 1.54) is 0 Å². The summed E-state index contributed by atoms with van der Waals surface area (Å²) in [5, 5.41) is 3.69. The number of halogens is 1. The molecule has 3 aromatic rings. The van der Waals surface area contributed by atoms with Crippen LogP contribution in [0.5, 0.6) is 5.75 Å². The van der Waals surface area contributed by atoms with Gasteiger partial charge in [0.15, 0.2) is 6.61 Å². The highest BCUT2D eigenvalue weighted by molar-refractivity contribution is 6.30. The highest BCUT2D eigenvalue weighted by Crippen LogP contribution is 2.22. The molecule has 0 aromatic heterocycles. The summed E-state index contributed by atoms with van der Waals surface area (Å²) in [5.41, 5.74) is 3.94. The smallest absolute Gasteiger partial charge is 0.261 e. The second-order valence-electron chi connectivity index (χ2n) is 9.16. The molecule has 1 N–H and O–H groups in total. The maximum absolute atomic E-state index is 13.7. The summed E-state index contributed by atoms with van der Waals surface area (Å²) >= 11 is 6.08. The maximum Gasteiger partial charge on any atom is 0.261 e. The summed E-state index contributed by atoms with van der Waals surface area (Å²) in [6.07, 6.45) is 1.19. The number of hydrogen-bond donors (Lipinski definition) is 1. The van der Waals surface area contributed by atoms with Crippen molar-refractivity contribution in [2.24, 2.45) is 0 Å². The molecular formula is C30H35ClN2O3. The van der Waals surface area contributed by atoms with Gasteiger partial charge in [-0.15, -0.1) is 0 Å². The van der Waals surface area contributed by atoms with E-state index in [9.17, 15) is 9.59 Å². The lowest BCUT2D eigenvalue weighted by Crippen LogP contribution is -2.53. The molecule has 0 radical (unpaired) electrons. The highest BCUT2D eigenvalue weighted by atomic mass is 35.5. The second kappa shape index (κ2) is 13.1. The molecule has 6 heteroatoms. The van der Waals surface area contributed by atoms with Gasteiger partial charge >= 0.3 is 0 Å². The third-order valence-corrected chi connectivity index (χ3v) is 6.70. The standard InChI is InChI=1S/C30H35ClN2O3/c1-5-22(3)32-30(35)27(18-24-11-7-6-8-12-24)33(19-25-14-16-26(31)17-15-25)29(34)20-36-28-13-9-10-21(2)23(28)4/h6-17,22,27H,5,18-20H2,1-4H3,(H,32,35)/t22-,27-/m0/s1. The summed E-state index contributed by atoms with van der Waals surface area (Å²) in [7, 11) is 0. The van der Waals surface area contributed by atoms with Crippen LogP contribution in [-0.2, 0) is 22.6 Å². The van der Waals surface area contributed by atoms with Crippen LogP contribution < -0.4 is 10.1 Å². The van der Waals surface area contributed by atoms with Crippen LogP contribution in [0.15, 0.2) is 72.8 Å². The molecule has 0 fully saturated rings. The Bertz CT molecular complexity index is 1150. The number of nitrogens with one attached hydrogen (secondary N) is 1. The summed E-state index contributed by atoms with van der Waals surface area (Å²) in [6.45, 7) is 8.06. The van der Waals surface area contributed by atoms with Gasteiger partial charge in [-0.1, -0.05) is 73.1 Å². The van der Waals surface area contributed by atoms with E-state index in [4.69, 9.17) is 16.3 Å². The summed E-state index contributed by atoms with van der Waals surface area (Å²) in [4.78, 5) is 28.8. The Morgan fingerprint density at radius 2 is 1.64 bits per heavy atom. The maximum atomic E-state index is 13.7. The van der Waals surface area contributed by atoms with Crippen molar-refractivity contribution in [2.45, 2.75) is 59.2 Å². The van der Waals surface area contributed by atoms with Crippen molar-refractivity contribution >= 4 is 23.4 Å². The van der Waals surface area contributed by atoms with Crippen LogP contribution in [0.25, 0.3) is 0 Å². The number of amides is 2. The fourth-order valence-corrected chi connectivity index (χ4v) is 4.01. The van der Waals surface area contributed by atoms with Crippen molar-refractivity contribution in [2.75, 3.05) is 6.61 Å². The molecule has 190 valence electrons. The van der Waals surface area contributed by atoms with Crippen LogP contribution in [0.1, 0.15) is 42.5 Å². The number of nitrogens with zero attached hydrogens (tertiary/aromatic N) is 1. The zero-order valence-electron chi connectivity index (χ0n) is 21.5. The molecule has 0 saturated heterocycles. The zero-order valence-corrected chi connectivity index (χ0v) is 22.2. The van der Waals surface area contributed by atoms with Crippen molar-refractivity contribution in [1.29, 1.82) is 0 Å². The second-order valence-corrected chi connectivity index (χ2v) is 9.59. The average molecular weight is 507 g/mol. The van der Waals surface area contributed by atoms with Crippen LogP contribution in [0, 0.1) is 13.8 Å². The van der Waals surface area contributed by atoms with Crippen molar-refractivity contribution in [3.05, 3.63) is 100 Å². The minimum Gasteiger partial charge on any atom is -0.483 e. The Hall–Kier alpha value is -3.31. The molecule has 0 saturated carbocycles. The fraction of sp³-hybridized carbons (Fsp3) is 0.333. The van der Waals surface area contributed by atoms with E-state index >= 15 is 0 Å². The molecule has 2 amide bonds. The lowest BCUT2D eigenvalue weighted by Gasteiger charge is -2.32. The number of benzene rings is 3. The van der Waals surface area contributed by atoms with Crippen LogP contribution in [-0.4, -0.2) is 35.4 Å². The number of carbonyl (C=O) groups excluding carboxylic acids is 2. The van der Waals surface area contributed by atoms with Gasteiger partial charge in [-0.25, -0.2) is 0 Å². The minimum atomic E-state index is -0.702. The minimum absolute atomic E-state index is 0.00514. The Balaban J connectivity index is 1.92.